The Hall–Kier alpha value is -0.540. The first-order chi connectivity index (χ1) is 5.18. The van der Waals surface area contributed by atoms with Crippen molar-refractivity contribution in [2.75, 3.05) is 6.26 Å². The van der Waals surface area contributed by atoms with E-state index in [4.69, 9.17) is 0 Å². The van der Waals surface area contributed by atoms with E-state index in [2.05, 4.69) is 4.98 Å². The normalized spacial score (nSPS) is 13.0. The molecule has 2 nitrogen and oxygen atoms in total. The van der Waals surface area contributed by atoms with Crippen molar-refractivity contribution in [1.82, 2.24) is 4.98 Å². The second-order valence-electron chi connectivity index (χ2n) is 2.54. The van der Waals surface area contributed by atoms with Gasteiger partial charge in [0.1, 0.15) is 5.75 Å². The van der Waals surface area contributed by atoms with E-state index in [9.17, 15) is 4.55 Å². The highest BCUT2D eigenvalue weighted by Gasteiger charge is 2.00. The lowest BCUT2D eigenvalue weighted by Gasteiger charge is -2.03. The van der Waals surface area contributed by atoms with Gasteiger partial charge in [-0.3, -0.25) is 4.98 Å². The lowest BCUT2D eigenvalue weighted by Crippen LogP contribution is -2.02. The number of hydrogen-bond donors (Lipinski definition) is 0. The molecule has 1 aromatic rings. The minimum atomic E-state index is -0.786. The molecule has 1 rings (SSSR count). The molecule has 0 fully saturated rings. The van der Waals surface area contributed by atoms with E-state index in [1.807, 2.05) is 19.1 Å². The Morgan fingerprint density at radius 1 is 1.55 bits per heavy atom. The van der Waals surface area contributed by atoms with E-state index in [-0.39, 0.29) is 0 Å². The third-order valence-corrected chi connectivity index (χ3v) is 2.03. The summed E-state index contributed by atoms with van der Waals surface area (Å²) in [6.07, 6.45) is 3.48. The number of rotatable bonds is 2. The van der Waals surface area contributed by atoms with Crippen LogP contribution in [0.5, 0.6) is 0 Å². The molecule has 1 aromatic heterocycles. The zero-order chi connectivity index (χ0) is 8.27. The molecule has 0 amide bonds. The Balaban J connectivity index is 2.66. The summed E-state index contributed by atoms with van der Waals surface area (Å²) in [4.78, 5) is 4.13. The maximum absolute atomic E-state index is 10.8. The number of hydrogen-bond acceptors (Lipinski definition) is 2. The van der Waals surface area contributed by atoms with Crippen LogP contribution in [0.15, 0.2) is 18.3 Å². The third-order valence-electron chi connectivity index (χ3n) is 1.32. The fraction of sp³-hybridized carbons (Fsp3) is 0.375. The molecule has 0 bridgehead atoms. The van der Waals surface area contributed by atoms with Crippen LogP contribution in [-0.2, 0) is 16.9 Å². The summed E-state index contributed by atoms with van der Waals surface area (Å²) in [5.41, 5.74) is 2.03. The Kier molecular flexibility index (Phi) is 2.91. The van der Waals surface area contributed by atoms with Crippen LogP contribution in [0.25, 0.3) is 0 Å². The minimum Gasteiger partial charge on any atom is -0.616 e. The van der Waals surface area contributed by atoms with Crippen molar-refractivity contribution in [2.24, 2.45) is 0 Å². The summed E-state index contributed by atoms with van der Waals surface area (Å²) in [6, 6.07) is 3.89. The van der Waals surface area contributed by atoms with Gasteiger partial charge in [0.2, 0.25) is 0 Å². The van der Waals surface area contributed by atoms with Gasteiger partial charge in [0, 0.05) is 6.20 Å². The minimum absolute atomic E-state index is 0.556. The predicted molar refractivity (Wildman–Crippen MR) is 46.7 cm³/mol. The lowest BCUT2D eigenvalue weighted by molar-refractivity contribution is 0.599. The van der Waals surface area contributed by atoms with Crippen LogP contribution >= 0.6 is 0 Å². The molecule has 3 heteroatoms. The third kappa shape index (κ3) is 2.91. The maximum Gasteiger partial charge on any atom is 0.147 e. The number of aromatic nitrogens is 1. The molecule has 0 aliphatic rings. The van der Waals surface area contributed by atoms with E-state index in [1.54, 1.807) is 12.5 Å². The van der Waals surface area contributed by atoms with Crippen LogP contribution in [0.4, 0.5) is 0 Å². The lowest BCUT2D eigenvalue weighted by atomic mass is 10.3. The van der Waals surface area contributed by atoms with Gasteiger partial charge in [0.25, 0.3) is 0 Å². The highest BCUT2D eigenvalue weighted by atomic mass is 32.2. The van der Waals surface area contributed by atoms with Crippen LogP contribution < -0.4 is 0 Å². The first kappa shape index (κ1) is 8.56. The highest BCUT2D eigenvalue weighted by molar-refractivity contribution is 7.89. The van der Waals surface area contributed by atoms with Gasteiger partial charge in [0.05, 0.1) is 11.9 Å². The summed E-state index contributed by atoms with van der Waals surface area (Å²) < 4.78 is 10.8. The van der Waals surface area contributed by atoms with Gasteiger partial charge in [-0.1, -0.05) is 17.2 Å². The standard InChI is InChI=1S/C8H11NOS/c1-7-3-4-8(9-5-7)6-11(2)10/h3-5H,6H2,1-2H3. The van der Waals surface area contributed by atoms with E-state index in [0.717, 1.165) is 11.3 Å². The molecule has 1 heterocycles. The molecule has 0 aromatic carbocycles. The van der Waals surface area contributed by atoms with Crippen molar-refractivity contribution in [3.05, 3.63) is 29.6 Å². The van der Waals surface area contributed by atoms with E-state index >= 15 is 0 Å². The molecular weight excluding hydrogens is 158 g/mol. The van der Waals surface area contributed by atoms with Crippen molar-refractivity contribution in [3.8, 4) is 0 Å². The van der Waals surface area contributed by atoms with Gasteiger partial charge in [-0.15, -0.1) is 0 Å². The Labute approximate surface area is 69.8 Å². The van der Waals surface area contributed by atoms with E-state index in [0.29, 0.717) is 5.75 Å². The summed E-state index contributed by atoms with van der Waals surface area (Å²) in [5, 5.41) is 0. The SMILES string of the molecule is Cc1ccc(C[S+](C)[O-])nc1. The predicted octanol–water partition coefficient (Wildman–Crippen LogP) is 1.27. The topological polar surface area (TPSA) is 36.0 Å². The quantitative estimate of drug-likeness (QED) is 0.625. The first-order valence-electron chi connectivity index (χ1n) is 3.40. The highest BCUT2D eigenvalue weighted by Crippen LogP contribution is 2.02. The van der Waals surface area contributed by atoms with Gasteiger partial charge in [-0.05, 0) is 18.6 Å². The van der Waals surface area contributed by atoms with Gasteiger partial charge < -0.3 is 4.55 Å². The monoisotopic (exact) mass is 169 g/mol. The Morgan fingerprint density at radius 2 is 2.27 bits per heavy atom. The Bertz CT molecular complexity index is 220. The summed E-state index contributed by atoms with van der Waals surface area (Å²) in [5.74, 6) is 0.556. The number of nitrogens with zero attached hydrogens (tertiary/aromatic N) is 1. The van der Waals surface area contributed by atoms with Gasteiger partial charge >= 0.3 is 0 Å². The summed E-state index contributed by atoms with van der Waals surface area (Å²) >= 11 is -0.786. The number of aryl methyl sites for hydroxylation is 1. The van der Waals surface area contributed by atoms with Gasteiger partial charge in [-0.25, -0.2) is 0 Å². The average Bonchev–Trinajstić information content (AvgIpc) is 1.93. The van der Waals surface area contributed by atoms with Crippen LogP contribution in [0.1, 0.15) is 11.3 Å². The smallest absolute Gasteiger partial charge is 0.147 e. The van der Waals surface area contributed by atoms with Crippen LogP contribution in [-0.4, -0.2) is 15.8 Å². The molecule has 11 heavy (non-hydrogen) atoms. The fourth-order valence-electron chi connectivity index (χ4n) is 0.792. The van der Waals surface area contributed by atoms with E-state index < -0.39 is 11.2 Å². The fourth-order valence-corrected chi connectivity index (χ4v) is 1.38. The van der Waals surface area contributed by atoms with Crippen molar-refractivity contribution in [3.63, 3.8) is 0 Å². The van der Waals surface area contributed by atoms with Crippen LogP contribution in [0.3, 0.4) is 0 Å². The largest absolute Gasteiger partial charge is 0.616 e. The molecule has 60 valence electrons. The molecule has 0 radical (unpaired) electrons. The molecule has 0 aliphatic heterocycles. The molecule has 1 atom stereocenters. The number of pyridine rings is 1. The molecular formula is C8H11NOS. The first-order valence-corrected chi connectivity index (χ1v) is 5.13. The zero-order valence-corrected chi connectivity index (χ0v) is 7.52. The van der Waals surface area contributed by atoms with Crippen molar-refractivity contribution in [1.29, 1.82) is 0 Å². The maximum atomic E-state index is 10.8. The van der Waals surface area contributed by atoms with Crippen LogP contribution in [0.2, 0.25) is 0 Å². The molecule has 0 N–H and O–H groups in total. The molecule has 0 aliphatic carbocycles. The Morgan fingerprint density at radius 3 is 2.73 bits per heavy atom. The molecule has 1 unspecified atom stereocenters. The summed E-state index contributed by atoms with van der Waals surface area (Å²) in [7, 11) is 0. The van der Waals surface area contributed by atoms with E-state index in [1.165, 1.54) is 0 Å². The van der Waals surface area contributed by atoms with Crippen molar-refractivity contribution in [2.45, 2.75) is 12.7 Å². The average molecular weight is 169 g/mol. The molecule has 0 spiro atoms. The molecule has 0 saturated carbocycles. The van der Waals surface area contributed by atoms with Crippen molar-refractivity contribution < 1.29 is 4.55 Å². The van der Waals surface area contributed by atoms with Crippen molar-refractivity contribution >= 4 is 11.2 Å². The second kappa shape index (κ2) is 3.74. The second-order valence-corrected chi connectivity index (χ2v) is 3.98. The molecule has 0 saturated heterocycles. The van der Waals surface area contributed by atoms with Gasteiger partial charge in [-0.2, -0.15) is 0 Å². The van der Waals surface area contributed by atoms with Crippen LogP contribution in [0, 0.1) is 6.92 Å². The van der Waals surface area contributed by atoms with Gasteiger partial charge in [0.15, 0.2) is 0 Å². The summed E-state index contributed by atoms with van der Waals surface area (Å²) in [6.45, 7) is 1.99. The zero-order valence-electron chi connectivity index (χ0n) is 6.70.